The summed E-state index contributed by atoms with van der Waals surface area (Å²) in [6.07, 6.45) is 3.57. The average Bonchev–Trinajstić information content (AvgIpc) is 3.19. The number of nitrogens with zero attached hydrogens (tertiary/aromatic N) is 4. The minimum atomic E-state index is -0.444. The Labute approximate surface area is 139 Å². The maximum atomic E-state index is 11.7. The van der Waals surface area contributed by atoms with Crippen LogP contribution in [0.2, 0.25) is 0 Å². The van der Waals surface area contributed by atoms with Gasteiger partial charge in [0.15, 0.2) is 5.69 Å². The Kier molecular flexibility index (Phi) is 4.09. The van der Waals surface area contributed by atoms with Crippen LogP contribution in [0.4, 0.5) is 0 Å². The fraction of sp³-hybridized carbons (Fsp3) is 0.278. The molecule has 6 heteroatoms. The third-order valence-corrected chi connectivity index (χ3v) is 3.83. The molecule has 0 aliphatic rings. The molecule has 0 saturated carbocycles. The van der Waals surface area contributed by atoms with Crippen LogP contribution in [0.15, 0.2) is 36.7 Å². The molecule has 3 rings (SSSR count). The van der Waals surface area contributed by atoms with Gasteiger partial charge in [-0.2, -0.15) is 10.4 Å². The zero-order chi connectivity index (χ0) is 17.3. The maximum absolute atomic E-state index is 11.7. The quantitative estimate of drug-likeness (QED) is 0.690. The molecule has 2 heterocycles. The number of carbonyl (C=O) groups excluding carboxylic acids is 1. The van der Waals surface area contributed by atoms with E-state index in [0.717, 1.165) is 16.6 Å². The van der Waals surface area contributed by atoms with E-state index >= 15 is 0 Å². The lowest BCUT2D eigenvalue weighted by Crippen LogP contribution is -2.06. The van der Waals surface area contributed by atoms with Gasteiger partial charge in [-0.1, -0.05) is 0 Å². The van der Waals surface area contributed by atoms with Crippen molar-refractivity contribution in [2.75, 3.05) is 6.61 Å². The monoisotopic (exact) mass is 322 g/mol. The van der Waals surface area contributed by atoms with Crippen LogP contribution in [0.5, 0.6) is 0 Å². The van der Waals surface area contributed by atoms with E-state index in [2.05, 4.69) is 29.6 Å². The number of esters is 1. The minimum Gasteiger partial charge on any atom is -0.461 e. The molecule has 0 saturated heterocycles. The summed E-state index contributed by atoms with van der Waals surface area (Å²) in [5.41, 5.74) is 2.68. The molecule has 0 amide bonds. The highest BCUT2D eigenvalue weighted by Crippen LogP contribution is 2.26. The number of hydrogen-bond acceptors (Lipinski definition) is 4. The lowest BCUT2D eigenvalue weighted by atomic mass is 10.1. The van der Waals surface area contributed by atoms with Crippen molar-refractivity contribution in [1.29, 1.82) is 5.26 Å². The Balaban J connectivity index is 2.06. The predicted molar refractivity (Wildman–Crippen MR) is 90.1 cm³/mol. The van der Waals surface area contributed by atoms with Crippen LogP contribution in [-0.4, -0.2) is 26.9 Å². The highest BCUT2D eigenvalue weighted by molar-refractivity contribution is 5.89. The summed E-state index contributed by atoms with van der Waals surface area (Å²) in [6.45, 7) is 6.22. The third-order valence-electron chi connectivity index (χ3n) is 3.83. The third kappa shape index (κ3) is 2.65. The van der Waals surface area contributed by atoms with Gasteiger partial charge >= 0.3 is 5.97 Å². The van der Waals surface area contributed by atoms with Crippen molar-refractivity contribution in [3.63, 3.8) is 0 Å². The Bertz CT molecular complexity index is 944. The van der Waals surface area contributed by atoms with Gasteiger partial charge in [0.25, 0.3) is 0 Å². The van der Waals surface area contributed by atoms with Gasteiger partial charge in [-0.3, -0.25) is 0 Å². The highest BCUT2D eigenvalue weighted by atomic mass is 16.5. The molecule has 0 N–H and O–H groups in total. The lowest BCUT2D eigenvalue weighted by molar-refractivity contribution is 0.0519. The molecule has 0 unspecified atom stereocenters. The second-order valence-corrected chi connectivity index (χ2v) is 5.72. The zero-order valence-electron chi connectivity index (χ0n) is 13.9. The van der Waals surface area contributed by atoms with Crippen molar-refractivity contribution in [2.24, 2.45) is 0 Å². The molecular formula is C18H18N4O2. The van der Waals surface area contributed by atoms with E-state index < -0.39 is 5.97 Å². The standard InChI is InChI=1S/C18H18N4O2/c1-4-24-18(23)16-7-8-22(20-16)14-5-6-17-15(9-14)13(10-19)11-21(17)12(2)3/h5-9,11-12H,4H2,1-3H3. The molecule has 0 aliphatic heterocycles. The van der Waals surface area contributed by atoms with Crippen LogP contribution < -0.4 is 0 Å². The first kappa shape index (κ1) is 15.8. The van der Waals surface area contributed by atoms with Gasteiger partial charge in [0.2, 0.25) is 0 Å². The average molecular weight is 322 g/mol. The van der Waals surface area contributed by atoms with E-state index in [0.29, 0.717) is 12.2 Å². The van der Waals surface area contributed by atoms with Gasteiger partial charge in [-0.25, -0.2) is 9.48 Å². The molecular weight excluding hydrogens is 304 g/mol. The van der Waals surface area contributed by atoms with Crippen LogP contribution in [0.3, 0.4) is 0 Å². The molecule has 1 aromatic carbocycles. The number of benzene rings is 1. The first-order chi connectivity index (χ1) is 11.5. The Morgan fingerprint density at radius 3 is 2.83 bits per heavy atom. The summed E-state index contributed by atoms with van der Waals surface area (Å²) in [7, 11) is 0. The van der Waals surface area contributed by atoms with Gasteiger partial charge in [0, 0.05) is 29.3 Å². The van der Waals surface area contributed by atoms with E-state index in [1.54, 1.807) is 23.9 Å². The van der Waals surface area contributed by atoms with Gasteiger partial charge in [0.05, 0.1) is 17.9 Å². The lowest BCUT2D eigenvalue weighted by Gasteiger charge is -2.09. The van der Waals surface area contributed by atoms with Crippen molar-refractivity contribution in [3.05, 3.63) is 47.9 Å². The Morgan fingerprint density at radius 1 is 1.38 bits per heavy atom. The molecule has 0 radical (unpaired) electrons. The predicted octanol–water partition coefficient (Wildman–Crippen LogP) is 3.46. The molecule has 6 nitrogen and oxygen atoms in total. The number of carbonyl (C=O) groups is 1. The second-order valence-electron chi connectivity index (χ2n) is 5.72. The molecule has 0 atom stereocenters. The van der Waals surface area contributed by atoms with Crippen molar-refractivity contribution in [1.82, 2.24) is 14.3 Å². The first-order valence-electron chi connectivity index (χ1n) is 7.83. The summed E-state index contributed by atoms with van der Waals surface area (Å²) >= 11 is 0. The van der Waals surface area contributed by atoms with E-state index in [-0.39, 0.29) is 11.7 Å². The van der Waals surface area contributed by atoms with Crippen LogP contribution in [0.1, 0.15) is 42.9 Å². The van der Waals surface area contributed by atoms with E-state index in [1.807, 2.05) is 24.4 Å². The first-order valence-corrected chi connectivity index (χ1v) is 7.83. The van der Waals surface area contributed by atoms with Crippen molar-refractivity contribution >= 4 is 16.9 Å². The fourth-order valence-corrected chi connectivity index (χ4v) is 2.68. The largest absolute Gasteiger partial charge is 0.461 e. The summed E-state index contributed by atoms with van der Waals surface area (Å²) in [5.74, 6) is -0.444. The molecule has 122 valence electrons. The molecule has 3 aromatic rings. The topological polar surface area (TPSA) is 72.8 Å². The van der Waals surface area contributed by atoms with Crippen LogP contribution in [-0.2, 0) is 4.74 Å². The van der Waals surface area contributed by atoms with Crippen LogP contribution in [0.25, 0.3) is 16.6 Å². The zero-order valence-corrected chi connectivity index (χ0v) is 13.9. The SMILES string of the molecule is CCOC(=O)c1ccn(-c2ccc3c(c2)c(C#N)cn3C(C)C)n1. The van der Waals surface area contributed by atoms with E-state index in [1.165, 1.54) is 0 Å². The van der Waals surface area contributed by atoms with E-state index in [9.17, 15) is 10.1 Å². The molecule has 0 aliphatic carbocycles. The summed E-state index contributed by atoms with van der Waals surface area (Å²) in [4.78, 5) is 11.7. The van der Waals surface area contributed by atoms with Crippen molar-refractivity contribution in [2.45, 2.75) is 26.8 Å². The Hall–Kier alpha value is -3.07. The fourth-order valence-electron chi connectivity index (χ4n) is 2.68. The molecule has 24 heavy (non-hydrogen) atoms. The maximum Gasteiger partial charge on any atom is 0.358 e. The number of rotatable bonds is 4. The summed E-state index contributed by atoms with van der Waals surface area (Å²) < 4.78 is 8.64. The Morgan fingerprint density at radius 2 is 2.17 bits per heavy atom. The van der Waals surface area contributed by atoms with Gasteiger partial charge < -0.3 is 9.30 Å². The summed E-state index contributed by atoms with van der Waals surface area (Å²) in [6, 6.07) is 9.92. The minimum absolute atomic E-state index is 0.261. The molecule has 2 aromatic heterocycles. The molecule has 0 spiro atoms. The van der Waals surface area contributed by atoms with Gasteiger partial charge in [0.1, 0.15) is 6.07 Å². The highest BCUT2D eigenvalue weighted by Gasteiger charge is 2.14. The number of nitriles is 1. The normalized spacial score (nSPS) is 11.0. The second kappa shape index (κ2) is 6.20. The number of hydrogen-bond donors (Lipinski definition) is 0. The molecule has 0 fully saturated rings. The van der Waals surface area contributed by atoms with Crippen LogP contribution in [0, 0.1) is 11.3 Å². The van der Waals surface area contributed by atoms with Crippen molar-refractivity contribution < 1.29 is 9.53 Å². The number of fused-ring (bicyclic) bond motifs is 1. The number of ether oxygens (including phenoxy) is 1. The molecule has 0 bridgehead atoms. The smallest absolute Gasteiger partial charge is 0.358 e. The van der Waals surface area contributed by atoms with Gasteiger partial charge in [-0.05, 0) is 45.0 Å². The van der Waals surface area contributed by atoms with Crippen LogP contribution >= 0.6 is 0 Å². The summed E-state index contributed by atoms with van der Waals surface area (Å²) in [5, 5.41) is 14.5. The van der Waals surface area contributed by atoms with Gasteiger partial charge in [-0.15, -0.1) is 0 Å². The van der Waals surface area contributed by atoms with E-state index in [4.69, 9.17) is 4.74 Å². The van der Waals surface area contributed by atoms with Crippen molar-refractivity contribution in [3.8, 4) is 11.8 Å². The number of aromatic nitrogens is 3.